The normalized spacial score (nSPS) is 18.1. The minimum atomic E-state index is 0.624. The van der Waals surface area contributed by atoms with E-state index in [1.807, 2.05) is 0 Å². The Bertz CT molecular complexity index is 225. The topological polar surface area (TPSA) is 32.5 Å². The highest BCUT2D eigenvalue weighted by molar-refractivity contribution is 7.80. The molecular formula is C14H29N3S. The summed E-state index contributed by atoms with van der Waals surface area (Å²) in [6.45, 7) is 8.93. The van der Waals surface area contributed by atoms with Crippen LogP contribution in [0.3, 0.4) is 0 Å². The Balaban J connectivity index is 1.97. The van der Waals surface area contributed by atoms with E-state index in [4.69, 9.17) is 18.0 Å². The second kappa shape index (κ2) is 9.70. The van der Waals surface area contributed by atoms with Crippen LogP contribution in [0.2, 0.25) is 0 Å². The molecule has 106 valence electrons. The lowest BCUT2D eigenvalue weighted by Gasteiger charge is -2.34. The van der Waals surface area contributed by atoms with Gasteiger partial charge in [-0.15, -0.1) is 0 Å². The maximum atomic E-state index is 5.57. The predicted molar refractivity (Wildman–Crippen MR) is 83.0 cm³/mol. The van der Waals surface area contributed by atoms with Crippen molar-refractivity contribution in [2.24, 2.45) is 5.73 Å². The van der Waals surface area contributed by atoms with Crippen molar-refractivity contribution in [2.45, 2.75) is 45.4 Å². The SMILES string of the molecule is CCCCCCCCN1CCN(CC(N)=S)CC1. The summed E-state index contributed by atoms with van der Waals surface area (Å²) in [5.41, 5.74) is 5.57. The molecule has 0 bridgehead atoms. The molecule has 3 nitrogen and oxygen atoms in total. The quantitative estimate of drug-likeness (QED) is 0.515. The van der Waals surface area contributed by atoms with Crippen molar-refractivity contribution < 1.29 is 0 Å². The molecule has 4 heteroatoms. The second-order valence-electron chi connectivity index (χ2n) is 5.35. The number of unbranched alkanes of at least 4 members (excludes halogenated alkanes) is 5. The van der Waals surface area contributed by atoms with Gasteiger partial charge >= 0.3 is 0 Å². The molecule has 0 unspecified atom stereocenters. The highest BCUT2D eigenvalue weighted by atomic mass is 32.1. The summed E-state index contributed by atoms with van der Waals surface area (Å²) in [4.78, 5) is 5.56. The van der Waals surface area contributed by atoms with E-state index in [-0.39, 0.29) is 0 Å². The van der Waals surface area contributed by atoms with Gasteiger partial charge in [0.1, 0.15) is 0 Å². The van der Waals surface area contributed by atoms with Crippen molar-refractivity contribution in [3.05, 3.63) is 0 Å². The van der Waals surface area contributed by atoms with Crippen LogP contribution in [0.1, 0.15) is 45.4 Å². The number of thiocarbonyl (C=S) groups is 1. The minimum Gasteiger partial charge on any atom is -0.392 e. The summed E-state index contributed by atoms with van der Waals surface area (Å²) >= 11 is 4.95. The third-order valence-corrected chi connectivity index (χ3v) is 3.80. The molecule has 1 heterocycles. The van der Waals surface area contributed by atoms with Gasteiger partial charge in [-0.2, -0.15) is 0 Å². The number of rotatable bonds is 9. The first-order valence-corrected chi connectivity index (χ1v) is 7.86. The van der Waals surface area contributed by atoms with Crippen LogP contribution in [0.4, 0.5) is 0 Å². The van der Waals surface area contributed by atoms with Crippen molar-refractivity contribution in [2.75, 3.05) is 39.3 Å². The zero-order valence-corrected chi connectivity index (χ0v) is 12.7. The summed E-state index contributed by atoms with van der Waals surface area (Å²) < 4.78 is 0. The zero-order valence-electron chi connectivity index (χ0n) is 11.9. The van der Waals surface area contributed by atoms with Gasteiger partial charge < -0.3 is 10.6 Å². The van der Waals surface area contributed by atoms with E-state index in [2.05, 4.69) is 16.7 Å². The van der Waals surface area contributed by atoms with Crippen molar-refractivity contribution >= 4 is 17.2 Å². The van der Waals surface area contributed by atoms with Gasteiger partial charge in [0.2, 0.25) is 0 Å². The van der Waals surface area contributed by atoms with E-state index < -0.39 is 0 Å². The standard InChI is InChI=1S/C14H29N3S/c1-2-3-4-5-6-7-8-16-9-11-17(12-10-16)13-14(15)18/h2-13H2,1H3,(H2,15,18). The highest BCUT2D eigenvalue weighted by Gasteiger charge is 2.16. The van der Waals surface area contributed by atoms with Gasteiger partial charge in [-0.25, -0.2) is 0 Å². The third kappa shape index (κ3) is 7.29. The van der Waals surface area contributed by atoms with E-state index >= 15 is 0 Å². The maximum absolute atomic E-state index is 5.57. The van der Waals surface area contributed by atoms with Crippen LogP contribution in [0.25, 0.3) is 0 Å². The van der Waals surface area contributed by atoms with Gasteiger partial charge in [-0.1, -0.05) is 51.2 Å². The van der Waals surface area contributed by atoms with Gasteiger partial charge in [0.25, 0.3) is 0 Å². The molecule has 0 aromatic carbocycles. The van der Waals surface area contributed by atoms with Crippen LogP contribution in [0, 0.1) is 0 Å². The molecule has 2 N–H and O–H groups in total. The molecule has 1 rings (SSSR count). The van der Waals surface area contributed by atoms with Crippen molar-refractivity contribution in [1.82, 2.24) is 9.80 Å². The van der Waals surface area contributed by atoms with Gasteiger partial charge in [0, 0.05) is 32.7 Å². The molecule has 1 aliphatic heterocycles. The number of hydrogen-bond acceptors (Lipinski definition) is 3. The zero-order chi connectivity index (χ0) is 13.2. The predicted octanol–water partition coefficient (Wildman–Crippen LogP) is 2.25. The van der Waals surface area contributed by atoms with Crippen LogP contribution in [-0.2, 0) is 0 Å². The summed E-state index contributed by atoms with van der Waals surface area (Å²) in [5.74, 6) is 0. The average Bonchev–Trinajstić information content (AvgIpc) is 2.35. The minimum absolute atomic E-state index is 0.624. The fourth-order valence-electron chi connectivity index (χ4n) is 2.51. The van der Waals surface area contributed by atoms with Crippen LogP contribution in [0.5, 0.6) is 0 Å². The van der Waals surface area contributed by atoms with Crippen molar-refractivity contribution in [3.8, 4) is 0 Å². The number of nitrogens with zero attached hydrogens (tertiary/aromatic N) is 2. The number of nitrogens with two attached hydrogens (primary N) is 1. The molecule has 0 atom stereocenters. The smallest absolute Gasteiger partial charge is 0.0870 e. The molecular weight excluding hydrogens is 242 g/mol. The Morgan fingerprint density at radius 2 is 1.50 bits per heavy atom. The Morgan fingerprint density at radius 3 is 2.11 bits per heavy atom. The van der Waals surface area contributed by atoms with E-state index in [1.165, 1.54) is 58.2 Å². The lowest BCUT2D eigenvalue weighted by atomic mass is 10.1. The van der Waals surface area contributed by atoms with E-state index in [0.717, 1.165) is 19.6 Å². The average molecular weight is 271 g/mol. The van der Waals surface area contributed by atoms with Crippen LogP contribution in [-0.4, -0.2) is 54.1 Å². The van der Waals surface area contributed by atoms with Gasteiger partial charge in [-0.05, 0) is 13.0 Å². The molecule has 18 heavy (non-hydrogen) atoms. The van der Waals surface area contributed by atoms with Crippen LogP contribution in [0.15, 0.2) is 0 Å². The van der Waals surface area contributed by atoms with Crippen LogP contribution < -0.4 is 5.73 Å². The molecule has 0 aromatic heterocycles. The van der Waals surface area contributed by atoms with Crippen LogP contribution >= 0.6 is 12.2 Å². The van der Waals surface area contributed by atoms with Crippen molar-refractivity contribution in [3.63, 3.8) is 0 Å². The van der Waals surface area contributed by atoms with E-state index in [9.17, 15) is 0 Å². The molecule has 1 saturated heterocycles. The van der Waals surface area contributed by atoms with E-state index in [0.29, 0.717) is 4.99 Å². The van der Waals surface area contributed by atoms with Gasteiger partial charge in [-0.3, -0.25) is 4.90 Å². The molecule has 0 amide bonds. The first-order chi connectivity index (χ1) is 8.72. The Hall–Kier alpha value is -0.190. The van der Waals surface area contributed by atoms with E-state index in [1.54, 1.807) is 0 Å². The largest absolute Gasteiger partial charge is 0.392 e. The Kier molecular flexibility index (Phi) is 8.55. The fraction of sp³-hybridized carbons (Fsp3) is 0.929. The molecule has 1 fully saturated rings. The summed E-state index contributed by atoms with van der Waals surface area (Å²) in [7, 11) is 0. The monoisotopic (exact) mass is 271 g/mol. The summed E-state index contributed by atoms with van der Waals surface area (Å²) in [5, 5.41) is 0. The van der Waals surface area contributed by atoms with Gasteiger partial charge in [0.15, 0.2) is 0 Å². The molecule has 0 saturated carbocycles. The highest BCUT2D eigenvalue weighted by Crippen LogP contribution is 2.07. The van der Waals surface area contributed by atoms with Crippen molar-refractivity contribution in [1.29, 1.82) is 0 Å². The maximum Gasteiger partial charge on any atom is 0.0870 e. The number of hydrogen-bond donors (Lipinski definition) is 1. The molecule has 1 aliphatic rings. The second-order valence-corrected chi connectivity index (χ2v) is 5.88. The molecule has 0 aromatic rings. The lowest BCUT2D eigenvalue weighted by Crippen LogP contribution is -2.48. The first kappa shape index (κ1) is 15.9. The van der Waals surface area contributed by atoms with Gasteiger partial charge in [0.05, 0.1) is 4.99 Å². The fourth-order valence-corrected chi connectivity index (χ4v) is 2.69. The Labute approximate surface area is 118 Å². The molecule has 0 aliphatic carbocycles. The third-order valence-electron chi connectivity index (χ3n) is 3.67. The molecule has 0 radical (unpaired) electrons. The first-order valence-electron chi connectivity index (χ1n) is 7.45. The summed E-state index contributed by atoms with van der Waals surface area (Å²) in [6, 6.07) is 0. The number of piperazine rings is 1. The summed E-state index contributed by atoms with van der Waals surface area (Å²) in [6.07, 6.45) is 8.32. The molecule has 0 spiro atoms. The Morgan fingerprint density at radius 1 is 0.944 bits per heavy atom. The lowest BCUT2D eigenvalue weighted by molar-refractivity contribution is 0.144.